The zero-order chi connectivity index (χ0) is 20.2. The van der Waals surface area contributed by atoms with Gasteiger partial charge in [-0.05, 0) is 60.4 Å². The Morgan fingerprint density at radius 1 is 1.24 bits per heavy atom. The molecule has 3 aliphatic rings. The number of amidine groups is 1. The monoisotopic (exact) mass is 427 g/mol. The van der Waals surface area contributed by atoms with Crippen molar-refractivity contribution in [1.29, 1.82) is 0 Å². The number of hydrogen-bond acceptors (Lipinski definition) is 5. The molecule has 0 spiro atoms. The van der Waals surface area contributed by atoms with Gasteiger partial charge in [-0.15, -0.1) is 4.40 Å². The molecule has 0 fully saturated rings. The van der Waals surface area contributed by atoms with Gasteiger partial charge in [0.25, 0.3) is 15.9 Å². The first-order valence-electron chi connectivity index (χ1n) is 9.70. The maximum atomic E-state index is 13.2. The summed E-state index contributed by atoms with van der Waals surface area (Å²) in [5.74, 6) is -0.00406. The lowest BCUT2D eigenvalue weighted by atomic mass is 9.87. The van der Waals surface area contributed by atoms with Crippen molar-refractivity contribution in [2.45, 2.75) is 30.2 Å². The highest BCUT2D eigenvalue weighted by Gasteiger charge is 2.34. The lowest BCUT2D eigenvalue weighted by Gasteiger charge is -2.33. The summed E-state index contributed by atoms with van der Waals surface area (Å²) < 4.78 is 27.5. The SMILES string of the molecule is CN(C(=O)c1ccc2c(c1)SC1=NS(=O)(=O)CCN12)[C@@H]1CCCc2ccccc21. The molecule has 1 amide bonds. The van der Waals surface area contributed by atoms with E-state index >= 15 is 0 Å². The summed E-state index contributed by atoms with van der Waals surface area (Å²) in [7, 11) is -1.52. The van der Waals surface area contributed by atoms with Crippen LogP contribution >= 0.6 is 11.8 Å². The van der Waals surface area contributed by atoms with Crippen molar-refractivity contribution < 1.29 is 13.2 Å². The highest BCUT2D eigenvalue weighted by molar-refractivity contribution is 8.15. The predicted octanol–water partition coefficient (Wildman–Crippen LogP) is 3.45. The van der Waals surface area contributed by atoms with Gasteiger partial charge in [-0.2, -0.15) is 0 Å². The van der Waals surface area contributed by atoms with Crippen LogP contribution < -0.4 is 4.90 Å². The Labute approximate surface area is 174 Å². The van der Waals surface area contributed by atoms with Crippen molar-refractivity contribution in [3.05, 3.63) is 59.2 Å². The molecule has 0 bridgehead atoms. The number of carbonyl (C=O) groups excluding carboxylic acids is 1. The molecule has 1 atom stereocenters. The van der Waals surface area contributed by atoms with E-state index < -0.39 is 10.0 Å². The van der Waals surface area contributed by atoms with Gasteiger partial charge in [0.15, 0.2) is 5.17 Å². The number of carbonyl (C=O) groups is 1. The number of amides is 1. The van der Waals surface area contributed by atoms with Crippen LogP contribution in [0.1, 0.15) is 40.4 Å². The third-order valence-electron chi connectivity index (χ3n) is 5.85. The van der Waals surface area contributed by atoms with Gasteiger partial charge in [-0.3, -0.25) is 4.79 Å². The van der Waals surface area contributed by atoms with Crippen LogP contribution in [0.2, 0.25) is 0 Å². The Morgan fingerprint density at radius 2 is 2.07 bits per heavy atom. The molecule has 2 aromatic rings. The normalized spacial score (nSPS) is 21.6. The Morgan fingerprint density at radius 3 is 2.93 bits per heavy atom. The molecule has 150 valence electrons. The average Bonchev–Trinajstić information content (AvgIpc) is 3.07. The van der Waals surface area contributed by atoms with Crippen LogP contribution in [0, 0.1) is 0 Å². The first-order chi connectivity index (χ1) is 13.9. The van der Waals surface area contributed by atoms with Gasteiger partial charge in [-0.1, -0.05) is 24.3 Å². The van der Waals surface area contributed by atoms with Gasteiger partial charge in [-0.25, -0.2) is 8.42 Å². The Hall–Kier alpha value is -2.32. The van der Waals surface area contributed by atoms with E-state index in [9.17, 15) is 13.2 Å². The van der Waals surface area contributed by atoms with Crippen molar-refractivity contribution in [3.63, 3.8) is 0 Å². The third kappa shape index (κ3) is 3.24. The van der Waals surface area contributed by atoms with Crippen molar-refractivity contribution >= 4 is 38.5 Å². The topological polar surface area (TPSA) is 70.0 Å². The molecule has 0 N–H and O–H groups in total. The highest BCUT2D eigenvalue weighted by Crippen LogP contribution is 2.43. The summed E-state index contributed by atoms with van der Waals surface area (Å²) in [6, 6.07) is 14.0. The van der Waals surface area contributed by atoms with Crippen LogP contribution in [0.15, 0.2) is 51.8 Å². The summed E-state index contributed by atoms with van der Waals surface area (Å²) >= 11 is 1.32. The number of hydrogen-bond donors (Lipinski definition) is 0. The smallest absolute Gasteiger partial charge is 0.257 e. The number of benzene rings is 2. The average molecular weight is 428 g/mol. The second kappa shape index (κ2) is 6.88. The molecule has 2 aliphatic heterocycles. The fourth-order valence-electron chi connectivity index (χ4n) is 4.34. The summed E-state index contributed by atoms with van der Waals surface area (Å²) in [5, 5.41) is 0.477. The summed E-state index contributed by atoms with van der Waals surface area (Å²) in [4.78, 5) is 17.9. The number of anilines is 1. The molecule has 0 unspecified atom stereocenters. The Balaban J connectivity index is 1.43. The van der Waals surface area contributed by atoms with Gasteiger partial charge in [0, 0.05) is 24.1 Å². The Kier molecular flexibility index (Phi) is 4.43. The zero-order valence-electron chi connectivity index (χ0n) is 16.0. The molecule has 2 aromatic carbocycles. The summed E-state index contributed by atoms with van der Waals surface area (Å²) in [5.41, 5.74) is 4.10. The molecule has 0 radical (unpaired) electrons. The second-order valence-electron chi connectivity index (χ2n) is 7.62. The van der Waals surface area contributed by atoms with Crippen LogP contribution in [0.3, 0.4) is 0 Å². The standard InChI is InChI=1S/C21H21N3O3S2/c1-23(17-8-4-6-14-5-2-3-7-16(14)17)20(25)15-9-10-18-19(13-15)28-21-22-29(26,27)12-11-24(18)21/h2-3,5,7,9-10,13,17H,4,6,8,11-12H2,1H3/t17-/m1/s1. The maximum absolute atomic E-state index is 13.2. The molecular formula is C21H21N3O3S2. The van der Waals surface area contributed by atoms with Gasteiger partial charge < -0.3 is 9.80 Å². The molecule has 8 heteroatoms. The van der Waals surface area contributed by atoms with E-state index in [1.54, 1.807) is 0 Å². The number of rotatable bonds is 2. The molecule has 0 saturated heterocycles. The van der Waals surface area contributed by atoms with Crippen LogP contribution in [0.25, 0.3) is 0 Å². The highest BCUT2D eigenvalue weighted by atomic mass is 32.2. The van der Waals surface area contributed by atoms with E-state index in [1.807, 2.05) is 41.1 Å². The van der Waals surface area contributed by atoms with Crippen molar-refractivity contribution in [2.24, 2.45) is 4.40 Å². The Bertz CT molecular complexity index is 1140. The largest absolute Gasteiger partial charge is 0.335 e. The van der Waals surface area contributed by atoms with E-state index in [-0.39, 0.29) is 17.7 Å². The number of sulfonamides is 1. The van der Waals surface area contributed by atoms with Crippen LogP contribution in [0.5, 0.6) is 0 Å². The molecule has 6 nitrogen and oxygen atoms in total. The molecule has 0 aromatic heterocycles. The zero-order valence-corrected chi connectivity index (χ0v) is 17.7. The number of nitrogens with zero attached hydrogens (tertiary/aromatic N) is 3. The second-order valence-corrected chi connectivity index (χ2v) is 10.4. The van der Waals surface area contributed by atoms with Gasteiger partial charge >= 0.3 is 0 Å². The fraction of sp³-hybridized carbons (Fsp3) is 0.333. The van der Waals surface area contributed by atoms with Gasteiger partial charge in [0.05, 0.1) is 17.5 Å². The minimum atomic E-state index is -3.39. The van der Waals surface area contributed by atoms with E-state index in [1.165, 1.54) is 22.9 Å². The predicted molar refractivity (Wildman–Crippen MR) is 115 cm³/mol. The fourth-order valence-corrected chi connectivity index (χ4v) is 6.64. The molecule has 1 aliphatic carbocycles. The third-order valence-corrected chi connectivity index (χ3v) is 8.15. The van der Waals surface area contributed by atoms with Crippen LogP contribution in [0.4, 0.5) is 5.69 Å². The van der Waals surface area contributed by atoms with E-state index in [0.717, 1.165) is 29.8 Å². The lowest BCUT2D eigenvalue weighted by Crippen LogP contribution is -2.35. The molecule has 2 heterocycles. The van der Waals surface area contributed by atoms with Crippen molar-refractivity contribution in [1.82, 2.24) is 4.90 Å². The van der Waals surface area contributed by atoms with Gasteiger partial charge in [0.1, 0.15) is 0 Å². The maximum Gasteiger partial charge on any atom is 0.257 e. The first kappa shape index (κ1) is 18.7. The molecular weight excluding hydrogens is 406 g/mol. The molecule has 29 heavy (non-hydrogen) atoms. The first-order valence-corrected chi connectivity index (χ1v) is 12.1. The summed E-state index contributed by atoms with van der Waals surface area (Å²) in [6.07, 6.45) is 3.09. The minimum Gasteiger partial charge on any atom is -0.335 e. The lowest BCUT2D eigenvalue weighted by molar-refractivity contribution is 0.0715. The summed E-state index contributed by atoms with van der Waals surface area (Å²) in [6.45, 7) is 0.396. The van der Waals surface area contributed by atoms with Crippen molar-refractivity contribution in [3.8, 4) is 0 Å². The number of fused-ring (bicyclic) bond motifs is 4. The van der Waals surface area contributed by atoms with Crippen LogP contribution in [-0.2, 0) is 16.4 Å². The minimum absolute atomic E-state index is 0.0149. The van der Waals surface area contributed by atoms with E-state index in [4.69, 9.17) is 0 Å². The quantitative estimate of drug-likeness (QED) is 0.734. The van der Waals surface area contributed by atoms with Crippen molar-refractivity contribution in [2.75, 3.05) is 24.2 Å². The van der Waals surface area contributed by atoms with E-state index in [2.05, 4.69) is 22.6 Å². The molecule has 0 saturated carbocycles. The van der Waals surface area contributed by atoms with E-state index in [0.29, 0.717) is 17.3 Å². The number of thioether (sulfide) groups is 1. The molecule has 5 rings (SSSR count). The van der Waals surface area contributed by atoms with Crippen LogP contribution in [-0.4, -0.2) is 43.7 Å². The van der Waals surface area contributed by atoms with Gasteiger partial charge in [0.2, 0.25) is 0 Å². The number of aryl methyl sites for hydroxylation is 1.